The van der Waals surface area contributed by atoms with E-state index in [1.807, 2.05) is 57.0 Å². The Balaban J connectivity index is 1.75. The molecule has 0 saturated carbocycles. The van der Waals surface area contributed by atoms with Crippen molar-refractivity contribution in [2.24, 2.45) is 5.41 Å². The second-order valence-corrected chi connectivity index (χ2v) is 8.90. The molecule has 1 unspecified atom stereocenters. The van der Waals surface area contributed by atoms with E-state index in [0.29, 0.717) is 18.1 Å². The lowest BCUT2D eigenvalue weighted by Crippen LogP contribution is -2.44. The average molecular weight is 406 g/mol. The van der Waals surface area contributed by atoms with Gasteiger partial charge in [-0.3, -0.25) is 9.78 Å². The van der Waals surface area contributed by atoms with Crippen molar-refractivity contribution in [1.29, 1.82) is 0 Å². The maximum absolute atomic E-state index is 12.9. The first-order valence-corrected chi connectivity index (χ1v) is 10.3. The third kappa shape index (κ3) is 4.10. The van der Waals surface area contributed by atoms with Crippen molar-refractivity contribution in [2.45, 2.75) is 46.5 Å². The van der Waals surface area contributed by atoms with Crippen LogP contribution in [-0.2, 0) is 4.79 Å². The summed E-state index contributed by atoms with van der Waals surface area (Å²) in [5.41, 5.74) is 3.05. The van der Waals surface area contributed by atoms with E-state index in [4.69, 9.17) is 9.51 Å². The lowest BCUT2D eigenvalue weighted by Gasteiger charge is -2.36. The predicted octanol–water partition coefficient (Wildman–Crippen LogP) is 4.25. The molecule has 1 aliphatic rings. The van der Waals surface area contributed by atoms with Crippen LogP contribution in [0.2, 0.25) is 0 Å². The summed E-state index contributed by atoms with van der Waals surface area (Å²) in [4.78, 5) is 28.5. The highest BCUT2D eigenvalue weighted by Gasteiger charge is 2.33. The maximum Gasteiger partial charge on any atom is 0.227 e. The molecule has 3 aromatic rings. The molecule has 0 spiro atoms. The van der Waals surface area contributed by atoms with Gasteiger partial charge >= 0.3 is 0 Å². The smallest absolute Gasteiger partial charge is 0.227 e. The van der Waals surface area contributed by atoms with E-state index in [9.17, 15) is 4.79 Å². The van der Waals surface area contributed by atoms with E-state index in [-0.39, 0.29) is 11.8 Å². The predicted molar refractivity (Wildman–Crippen MR) is 114 cm³/mol. The molecule has 4 heterocycles. The van der Waals surface area contributed by atoms with E-state index in [1.165, 1.54) is 0 Å². The minimum Gasteiger partial charge on any atom is -0.356 e. The van der Waals surface area contributed by atoms with Crippen LogP contribution < -0.4 is 0 Å². The Bertz CT molecular complexity index is 1040. The highest BCUT2D eigenvalue weighted by atomic mass is 16.5. The highest BCUT2D eigenvalue weighted by Crippen LogP contribution is 2.35. The van der Waals surface area contributed by atoms with Crippen LogP contribution >= 0.6 is 0 Å². The number of hydrogen-bond donors (Lipinski definition) is 0. The number of rotatable bonds is 3. The zero-order valence-corrected chi connectivity index (χ0v) is 17.9. The van der Waals surface area contributed by atoms with Gasteiger partial charge in [0, 0.05) is 54.6 Å². The summed E-state index contributed by atoms with van der Waals surface area (Å²) in [7, 11) is 0. The number of amides is 1. The Morgan fingerprint density at radius 3 is 2.67 bits per heavy atom. The van der Waals surface area contributed by atoms with Crippen LogP contribution in [0.4, 0.5) is 0 Å². The molecule has 0 bridgehead atoms. The zero-order chi connectivity index (χ0) is 21.3. The molecule has 0 radical (unpaired) electrons. The van der Waals surface area contributed by atoms with Crippen molar-refractivity contribution in [3.8, 4) is 22.7 Å². The normalized spacial score (nSPS) is 17.2. The topological polar surface area (TPSA) is 85.0 Å². The molecule has 7 heteroatoms. The van der Waals surface area contributed by atoms with Gasteiger partial charge in [-0.15, -0.1) is 0 Å². The van der Waals surface area contributed by atoms with E-state index < -0.39 is 5.41 Å². The van der Waals surface area contributed by atoms with Gasteiger partial charge in [0.1, 0.15) is 0 Å². The second kappa shape index (κ2) is 7.97. The molecule has 0 aromatic carbocycles. The van der Waals surface area contributed by atoms with Crippen LogP contribution in [0.3, 0.4) is 0 Å². The monoisotopic (exact) mass is 405 g/mol. The third-order valence-corrected chi connectivity index (χ3v) is 5.39. The molecule has 1 amide bonds. The molecule has 4 rings (SSSR count). The lowest BCUT2D eigenvalue weighted by molar-refractivity contribution is -0.140. The van der Waals surface area contributed by atoms with Crippen LogP contribution in [0.1, 0.15) is 50.9 Å². The second-order valence-electron chi connectivity index (χ2n) is 8.90. The van der Waals surface area contributed by atoms with Crippen LogP contribution in [0.5, 0.6) is 0 Å². The fourth-order valence-corrected chi connectivity index (χ4v) is 3.89. The molecular formula is C23H27N5O2. The minimum atomic E-state index is -0.402. The number of pyridine rings is 1. The van der Waals surface area contributed by atoms with Crippen LogP contribution in [0.25, 0.3) is 22.7 Å². The Labute approximate surface area is 176 Å². The average Bonchev–Trinajstić information content (AvgIpc) is 3.19. The van der Waals surface area contributed by atoms with Crippen molar-refractivity contribution < 1.29 is 9.32 Å². The van der Waals surface area contributed by atoms with Crippen molar-refractivity contribution in [2.75, 3.05) is 13.1 Å². The minimum absolute atomic E-state index is 0.106. The standard InChI is InChI=1S/C23H27N5O2/c1-15-12-19(30-27-15)18-13-25-21(16-7-9-24-10-8-16)26-20(18)17-6-5-11-28(14-17)22(29)23(2,3)4/h7-10,12-13,17H,5-6,11,14H2,1-4H3. The Morgan fingerprint density at radius 1 is 1.23 bits per heavy atom. The molecule has 0 aliphatic carbocycles. The number of nitrogens with zero attached hydrogens (tertiary/aromatic N) is 5. The van der Waals surface area contributed by atoms with Crippen molar-refractivity contribution in [3.05, 3.63) is 48.2 Å². The zero-order valence-electron chi connectivity index (χ0n) is 17.9. The molecule has 1 aliphatic heterocycles. The number of aryl methyl sites for hydroxylation is 1. The summed E-state index contributed by atoms with van der Waals surface area (Å²) in [5, 5.41) is 4.03. The number of carbonyl (C=O) groups is 1. The fraction of sp³-hybridized carbons (Fsp3) is 0.435. The quantitative estimate of drug-likeness (QED) is 0.647. The van der Waals surface area contributed by atoms with Gasteiger partial charge in [-0.2, -0.15) is 0 Å². The Hall–Kier alpha value is -3.09. The first-order chi connectivity index (χ1) is 14.3. The summed E-state index contributed by atoms with van der Waals surface area (Å²) in [6.45, 7) is 9.22. The molecule has 1 fully saturated rings. The molecule has 1 saturated heterocycles. The molecule has 0 N–H and O–H groups in total. The number of carbonyl (C=O) groups excluding carboxylic acids is 1. The summed E-state index contributed by atoms with van der Waals surface area (Å²) in [6.07, 6.45) is 7.17. The first kappa shape index (κ1) is 20.2. The lowest BCUT2D eigenvalue weighted by atomic mass is 9.88. The van der Waals surface area contributed by atoms with Crippen LogP contribution in [0.15, 0.2) is 41.3 Å². The van der Waals surface area contributed by atoms with E-state index >= 15 is 0 Å². The highest BCUT2D eigenvalue weighted by molar-refractivity contribution is 5.81. The number of likely N-dealkylation sites (tertiary alicyclic amines) is 1. The van der Waals surface area contributed by atoms with Gasteiger partial charge in [0.25, 0.3) is 0 Å². The molecule has 30 heavy (non-hydrogen) atoms. The number of aromatic nitrogens is 4. The summed E-state index contributed by atoms with van der Waals surface area (Å²) in [6, 6.07) is 5.69. The van der Waals surface area contributed by atoms with E-state index in [0.717, 1.165) is 41.9 Å². The van der Waals surface area contributed by atoms with Gasteiger partial charge in [0.2, 0.25) is 5.91 Å². The molecule has 156 valence electrons. The van der Waals surface area contributed by atoms with Gasteiger partial charge in [-0.25, -0.2) is 9.97 Å². The number of piperidine rings is 1. The van der Waals surface area contributed by atoms with Crippen molar-refractivity contribution in [1.82, 2.24) is 25.0 Å². The molecule has 3 aromatic heterocycles. The van der Waals surface area contributed by atoms with E-state index in [2.05, 4.69) is 15.1 Å². The van der Waals surface area contributed by atoms with E-state index in [1.54, 1.807) is 12.4 Å². The SMILES string of the molecule is Cc1cc(-c2cnc(-c3ccncc3)nc2C2CCCN(C(=O)C(C)(C)C)C2)on1. The van der Waals surface area contributed by atoms with Crippen LogP contribution in [-0.4, -0.2) is 44.0 Å². The van der Waals surface area contributed by atoms with Gasteiger partial charge < -0.3 is 9.42 Å². The maximum atomic E-state index is 12.9. The summed E-state index contributed by atoms with van der Waals surface area (Å²) < 4.78 is 5.54. The van der Waals surface area contributed by atoms with Gasteiger partial charge in [-0.1, -0.05) is 25.9 Å². The van der Waals surface area contributed by atoms with Crippen molar-refractivity contribution >= 4 is 5.91 Å². The summed E-state index contributed by atoms with van der Waals surface area (Å²) in [5.74, 6) is 1.58. The Kier molecular flexibility index (Phi) is 5.37. The summed E-state index contributed by atoms with van der Waals surface area (Å²) >= 11 is 0. The van der Waals surface area contributed by atoms with Gasteiger partial charge in [-0.05, 0) is 31.9 Å². The third-order valence-electron chi connectivity index (χ3n) is 5.39. The molecule has 7 nitrogen and oxygen atoms in total. The van der Waals surface area contributed by atoms with Gasteiger partial charge in [0.15, 0.2) is 11.6 Å². The molecule has 1 atom stereocenters. The van der Waals surface area contributed by atoms with Crippen molar-refractivity contribution in [3.63, 3.8) is 0 Å². The first-order valence-electron chi connectivity index (χ1n) is 10.3. The Morgan fingerprint density at radius 2 is 2.00 bits per heavy atom. The number of hydrogen-bond acceptors (Lipinski definition) is 6. The molecular weight excluding hydrogens is 378 g/mol. The largest absolute Gasteiger partial charge is 0.356 e. The van der Waals surface area contributed by atoms with Gasteiger partial charge in [0.05, 0.1) is 17.0 Å². The fourth-order valence-electron chi connectivity index (χ4n) is 3.89. The van der Waals surface area contributed by atoms with Crippen LogP contribution in [0, 0.1) is 12.3 Å².